The van der Waals surface area contributed by atoms with Crippen molar-refractivity contribution in [2.75, 3.05) is 6.54 Å². The van der Waals surface area contributed by atoms with Gasteiger partial charge in [-0.2, -0.15) is 0 Å². The highest BCUT2D eigenvalue weighted by Gasteiger charge is 2.14. The second-order valence-corrected chi connectivity index (χ2v) is 6.67. The lowest BCUT2D eigenvalue weighted by molar-refractivity contribution is 0.0958. The molecule has 0 spiro atoms. The number of aromatic nitrogens is 1. The lowest BCUT2D eigenvalue weighted by Crippen LogP contribution is -2.25. The highest BCUT2D eigenvalue weighted by atomic mass is 32.1. The van der Waals surface area contributed by atoms with Gasteiger partial charge in [0, 0.05) is 17.6 Å². The Morgan fingerprint density at radius 2 is 2.09 bits per heavy atom. The summed E-state index contributed by atoms with van der Waals surface area (Å²) in [7, 11) is 5.63. The molecule has 3 nitrogen and oxygen atoms in total. The molecule has 3 aromatic rings. The molecule has 0 aliphatic heterocycles. The molecule has 0 saturated heterocycles. The molecule has 2 aromatic heterocycles. The molecule has 0 aliphatic rings. The van der Waals surface area contributed by atoms with Gasteiger partial charge in [0.1, 0.15) is 13.7 Å². The Hall–Kier alpha value is -2.08. The number of H-pyrrole nitrogens is 1. The normalized spacial score (nSPS) is 11.1. The van der Waals surface area contributed by atoms with Crippen molar-refractivity contribution < 1.29 is 9.18 Å². The van der Waals surface area contributed by atoms with E-state index in [0.717, 1.165) is 22.2 Å². The van der Waals surface area contributed by atoms with E-state index in [0.29, 0.717) is 28.1 Å². The zero-order valence-electron chi connectivity index (χ0n) is 13.0. The number of nitrogens with one attached hydrogen (secondary N) is 2. The zero-order valence-corrected chi connectivity index (χ0v) is 13.8. The summed E-state index contributed by atoms with van der Waals surface area (Å²) < 4.78 is 14.5. The van der Waals surface area contributed by atoms with E-state index in [1.54, 1.807) is 18.2 Å². The second-order valence-electron chi connectivity index (χ2n) is 5.55. The molecule has 0 bridgehead atoms. The van der Waals surface area contributed by atoms with Crippen LogP contribution in [0.15, 0.2) is 24.3 Å². The van der Waals surface area contributed by atoms with Crippen LogP contribution in [0.1, 0.15) is 26.5 Å². The molecule has 0 atom stereocenters. The van der Waals surface area contributed by atoms with Gasteiger partial charge in [-0.1, -0.05) is 12.1 Å². The number of carbonyl (C=O) groups is 1. The third-order valence-electron chi connectivity index (χ3n) is 3.94. The van der Waals surface area contributed by atoms with Crippen LogP contribution in [0.3, 0.4) is 0 Å². The quantitative estimate of drug-likeness (QED) is 0.712. The number of fused-ring (bicyclic) bond motifs is 1. The molecule has 2 radical (unpaired) electrons. The maximum atomic E-state index is 13.9. The lowest BCUT2D eigenvalue weighted by atomic mass is 10.0. The van der Waals surface area contributed by atoms with Crippen molar-refractivity contribution in [3.05, 3.63) is 51.8 Å². The summed E-state index contributed by atoms with van der Waals surface area (Å²) in [5.74, 6) is -0.384. The molecule has 2 N–H and O–H groups in total. The maximum Gasteiger partial charge on any atom is 0.261 e. The van der Waals surface area contributed by atoms with Gasteiger partial charge in [-0.25, -0.2) is 4.39 Å². The predicted molar refractivity (Wildman–Crippen MR) is 93.5 cm³/mol. The number of hydrogen-bond donors (Lipinski definition) is 2. The molecule has 3 rings (SSSR count). The van der Waals surface area contributed by atoms with Gasteiger partial charge in [-0.15, -0.1) is 11.3 Å². The Kier molecular flexibility index (Phi) is 4.26. The fraction of sp³-hybridized carbons (Fsp3) is 0.235. The summed E-state index contributed by atoms with van der Waals surface area (Å²) in [4.78, 5) is 15.7. The van der Waals surface area contributed by atoms with E-state index in [4.69, 9.17) is 7.85 Å². The minimum atomic E-state index is -0.252. The molecule has 0 saturated carbocycles. The van der Waals surface area contributed by atoms with Crippen molar-refractivity contribution >= 4 is 40.8 Å². The zero-order chi connectivity index (χ0) is 16.6. The third kappa shape index (κ3) is 3.04. The first-order chi connectivity index (χ1) is 11.0. The fourth-order valence-corrected chi connectivity index (χ4v) is 3.51. The van der Waals surface area contributed by atoms with E-state index >= 15 is 0 Å². The standard InChI is InChI=1S/C17H16BFN2OS/c1-9-3-4-12(19)16-15(9)11(10(2)21-16)7-8-20-17(22)13-5-6-14(18)23-13/h3-6,21H,7-8H2,1-2H3,(H,20,22). The van der Waals surface area contributed by atoms with Crippen LogP contribution >= 0.6 is 11.3 Å². The van der Waals surface area contributed by atoms with E-state index in [9.17, 15) is 9.18 Å². The molecule has 0 fully saturated rings. The molecule has 0 unspecified atom stereocenters. The van der Waals surface area contributed by atoms with Crippen molar-refractivity contribution in [2.24, 2.45) is 0 Å². The number of aryl methyl sites for hydroxylation is 2. The molecule has 0 aliphatic carbocycles. The van der Waals surface area contributed by atoms with Crippen LogP contribution in [0.2, 0.25) is 0 Å². The maximum absolute atomic E-state index is 13.9. The number of aromatic amines is 1. The van der Waals surface area contributed by atoms with Gasteiger partial charge in [-0.3, -0.25) is 4.79 Å². The molecule has 1 aromatic carbocycles. The Labute approximate surface area is 139 Å². The van der Waals surface area contributed by atoms with Crippen molar-refractivity contribution in [3.8, 4) is 0 Å². The summed E-state index contributed by atoms with van der Waals surface area (Å²) >= 11 is 1.26. The number of rotatable bonds is 4. The number of carbonyl (C=O) groups excluding carboxylic acids is 1. The minimum absolute atomic E-state index is 0.132. The molecule has 1 amide bonds. The Morgan fingerprint density at radius 3 is 2.78 bits per heavy atom. The van der Waals surface area contributed by atoms with Gasteiger partial charge < -0.3 is 10.3 Å². The van der Waals surface area contributed by atoms with E-state index in [2.05, 4.69) is 10.3 Å². The number of hydrogen-bond acceptors (Lipinski definition) is 2. The largest absolute Gasteiger partial charge is 0.356 e. The average Bonchev–Trinajstić information content (AvgIpc) is 3.08. The van der Waals surface area contributed by atoms with Gasteiger partial charge in [0.2, 0.25) is 0 Å². The second kappa shape index (κ2) is 6.20. The summed E-state index contributed by atoms with van der Waals surface area (Å²) in [5.41, 5.74) is 3.54. The monoisotopic (exact) mass is 326 g/mol. The average molecular weight is 326 g/mol. The summed E-state index contributed by atoms with van der Waals surface area (Å²) in [6, 6.07) is 6.68. The summed E-state index contributed by atoms with van der Waals surface area (Å²) in [5, 5.41) is 3.80. The summed E-state index contributed by atoms with van der Waals surface area (Å²) in [6.45, 7) is 4.38. The number of amides is 1. The van der Waals surface area contributed by atoms with Crippen molar-refractivity contribution in [2.45, 2.75) is 20.3 Å². The highest BCUT2D eigenvalue weighted by Crippen LogP contribution is 2.27. The van der Waals surface area contributed by atoms with Gasteiger partial charge >= 0.3 is 0 Å². The Bertz CT molecular complexity index is 884. The molecule has 2 heterocycles. The van der Waals surface area contributed by atoms with Gasteiger partial charge in [0.05, 0.1) is 10.4 Å². The van der Waals surface area contributed by atoms with Crippen LogP contribution in [0, 0.1) is 19.7 Å². The van der Waals surface area contributed by atoms with Gasteiger partial charge in [-0.05, 0) is 48.3 Å². The topological polar surface area (TPSA) is 44.9 Å². The van der Waals surface area contributed by atoms with Crippen LogP contribution < -0.4 is 10.1 Å². The first-order valence-corrected chi connectivity index (χ1v) is 8.19. The highest BCUT2D eigenvalue weighted by molar-refractivity contribution is 7.21. The van der Waals surface area contributed by atoms with E-state index in [1.165, 1.54) is 17.4 Å². The van der Waals surface area contributed by atoms with Crippen molar-refractivity contribution in [3.63, 3.8) is 0 Å². The molecular formula is C17H16BFN2OS. The van der Waals surface area contributed by atoms with E-state index in [1.807, 2.05) is 13.8 Å². The molecule has 6 heteroatoms. The fourth-order valence-electron chi connectivity index (χ4n) is 2.82. The lowest BCUT2D eigenvalue weighted by Gasteiger charge is -2.06. The molecule has 23 heavy (non-hydrogen) atoms. The van der Waals surface area contributed by atoms with Gasteiger partial charge in [0.15, 0.2) is 0 Å². The number of benzene rings is 1. The van der Waals surface area contributed by atoms with Gasteiger partial charge in [0.25, 0.3) is 5.91 Å². The first kappa shape index (κ1) is 15.8. The van der Waals surface area contributed by atoms with Crippen LogP contribution in [0.25, 0.3) is 10.9 Å². The van der Waals surface area contributed by atoms with Crippen LogP contribution in [-0.2, 0) is 6.42 Å². The minimum Gasteiger partial charge on any atom is -0.356 e. The van der Waals surface area contributed by atoms with Crippen LogP contribution in [0.5, 0.6) is 0 Å². The molecular weight excluding hydrogens is 310 g/mol. The van der Waals surface area contributed by atoms with E-state index < -0.39 is 0 Å². The first-order valence-electron chi connectivity index (χ1n) is 7.37. The Morgan fingerprint density at radius 1 is 1.30 bits per heavy atom. The number of halogens is 1. The SMILES string of the molecule is [B]c1ccc(C(=O)NCCc2c(C)[nH]c3c(F)ccc(C)c23)s1. The Balaban J connectivity index is 1.76. The third-order valence-corrected chi connectivity index (χ3v) is 4.85. The summed E-state index contributed by atoms with van der Waals surface area (Å²) in [6.07, 6.45) is 0.642. The van der Waals surface area contributed by atoms with Crippen molar-refractivity contribution in [1.29, 1.82) is 0 Å². The van der Waals surface area contributed by atoms with Crippen LogP contribution in [0.4, 0.5) is 4.39 Å². The predicted octanol–water partition coefficient (Wildman–Crippen LogP) is 2.75. The number of thiophene rings is 1. The smallest absolute Gasteiger partial charge is 0.261 e. The van der Waals surface area contributed by atoms with Crippen LogP contribution in [-0.4, -0.2) is 25.3 Å². The molecule has 116 valence electrons. The van der Waals surface area contributed by atoms with Crippen molar-refractivity contribution in [1.82, 2.24) is 10.3 Å². The van der Waals surface area contributed by atoms with E-state index in [-0.39, 0.29) is 11.7 Å².